The van der Waals surface area contributed by atoms with E-state index in [9.17, 15) is 9.59 Å². The summed E-state index contributed by atoms with van der Waals surface area (Å²) in [4.78, 5) is 31.2. The number of nitrogens with one attached hydrogen (secondary N) is 1. The average Bonchev–Trinajstić information content (AvgIpc) is 3.20. The fraction of sp³-hybridized carbons (Fsp3) is 0.259. The van der Waals surface area contributed by atoms with Crippen molar-refractivity contribution >= 4 is 17.2 Å². The normalized spacial score (nSPS) is 12.1. The zero-order valence-corrected chi connectivity index (χ0v) is 20.8. The van der Waals surface area contributed by atoms with Gasteiger partial charge in [-0.05, 0) is 44.4 Å². The lowest BCUT2D eigenvalue weighted by Crippen LogP contribution is -2.37. The molecule has 0 saturated heterocycles. The van der Waals surface area contributed by atoms with Crippen LogP contribution >= 0.6 is 11.3 Å². The van der Waals surface area contributed by atoms with E-state index < -0.39 is 0 Å². The lowest BCUT2D eigenvalue weighted by molar-refractivity contribution is 0.0940. The van der Waals surface area contributed by atoms with Gasteiger partial charge in [0.05, 0.1) is 17.0 Å². The second-order valence-electron chi connectivity index (χ2n) is 8.51. The van der Waals surface area contributed by atoms with Gasteiger partial charge < -0.3 is 5.32 Å². The number of benzene rings is 2. The Hall–Kier alpha value is -3.58. The van der Waals surface area contributed by atoms with Gasteiger partial charge in [0.25, 0.3) is 11.5 Å². The smallest absolute Gasteiger partial charge is 0.277 e. The molecule has 1 unspecified atom stereocenters. The summed E-state index contributed by atoms with van der Waals surface area (Å²) >= 11 is 1.25. The molecule has 4 rings (SSSR count). The van der Waals surface area contributed by atoms with Crippen molar-refractivity contribution < 1.29 is 4.79 Å². The van der Waals surface area contributed by atoms with Crippen molar-refractivity contribution in [1.82, 2.24) is 20.1 Å². The first-order valence-electron chi connectivity index (χ1n) is 11.2. The SMILES string of the molecule is Cc1nc(-c2c(C)c(C)nn(C)c2=O)sc1C(=O)NC(C)C(c1ccccc1)c1ccccc1. The highest BCUT2D eigenvalue weighted by Crippen LogP contribution is 2.31. The zero-order valence-electron chi connectivity index (χ0n) is 20.0. The summed E-state index contributed by atoms with van der Waals surface area (Å²) in [5, 5.41) is 7.97. The Bertz CT molecular complexity index is 1340. The van der Waals surface area contributed by atoms with Gasteiger partial charge >= 0.3 is 0 Å². The number of hydrogen-bond acceptors (Lipinski definition) is 5. The Balaban J connectivity index is 1.66. The van der Waals surface area contributed by atoms with Gasteiger partial charge in [-0.15, -0.1) is 11.3 Å². The van der Waals surface area contributed by atoms with Crippen LogP contribution in [0.3, 0.4) is 0 Å². The molecule has 6 nitrogen and oxygen atoms in total. The molecule has 7 heteroatoms. The quantitative estimate of drug-likeness (QED) is 0.438. The lowest BCUT2D eigenvalue weighted by atomic mass is 9.86. The Morgan fingerprint density at radius 3 is 2.06 bits per heavy atom. The molecule has 0 fully saturated rings. The van der Waals surface area contributed by atoms with Crippen molar-refractivity contribution in [2.45, 2.75) is 39.7 Å². The topological polar surface area (TPSA) is 76.9 Å². The van der Waals surface area contributed by atoms with Crippen molar-refractivity contribution in [1.29, 1.82) is 0 Å². The maximum absolute atomic E-state index is 13.4. The van der Waals surface area contributed by atoms with Crippen LogP contribution in [0, 0.1) is 20.8 Å². The third-order valence-corrected chi connectivity index (χ3v) is 7.29. The van der Waals surface area contributed by atoms with Crippen LogP contribution in [0.1, 0.15) is 50.6 Å². The minimum atomic E-state index is -0.217. The first-order valence-corrected chi connectivity index (χ1v) is 12.0. The molecule has 2 heterocycles. The Labute approximate surface area is 203 Å². The predicted molar refractivity (Wildman–Crippen MR) is 136 cm³/mol. The van der Waals surface area contributed by atoms with Crippen LogP contribution in [0.2, 0.25) is 0 Å². The molecule has 0 aliphatic carbocycles. The van der Waals surface area contributed by atoms with Crippen LogP contribution in [0.15, 0.2) is 65.5 Å². The van der Waals surface area contributed by atoms with Gasteiger partial charge in [0.15, 0.2) is 0 Å². The van der Waals surface area contributed by atoms with Gasteiger partial charge in [0.2, 0.25) is 0 Å². The minimum absolute atomic E-state index is 0.00330. The number of aromatic nitrogens is 3. The minimum Gasteiger partial charge on any atom is -0.348 e. The number of carbonyl (C=O) groups excluding carboxylic acids is 1. The molecule has 1 N–H and O–H groups in total. The number of aryl methyl sites for hydroxylation is 3. The van der Waals surface area contributed by atoms with Crippen LogP contribution < -0.4 is 10.9 Å². The average molecular weight is 473 g/mol. The van der Waals surface area contributed by atoms with Gasteiger partial charge in [-0.1, -0.05) is 60.7 Å². The second-order valence-corrected chi connectivity index (χ2v) is 9.51. The third kappa shape index (κ3) is 4.56. The van der Waals surface area contributed by atoms with E-state index in [1.165, 1.54) is 16.0 Å². The highest BCUT2D eigenvalue weighted by Gasteiger charge is 2.26. The molecular weight excluding hydrogens is 444 g/mol. The molecule has 0 aliphatic rings. The maximum atomic E-state index is 13.4. The molecule has 174 valence electrons. The molecule has 2 aromatic heterocycles. The number of carbonyl (C=O) groups is 1. The van der Waals surface area contributed by atoms with Crippen molar-refractivity contribution in [3.8, 4) is 10.6 Å². The molecule has 1 amide bonds. The van der Waals surface area contributed by atoms with Crippen molar-refractivity contribution in [3.05, 3.63) is 104 Å². The fourth-order valence-corrected chi connectivity index (χ4v) is 5.32. The first-order chi connectivity index (χ1) is 16.3. The van der Waals surface area contributed by atoms with Crippen LogP contribution in [-0.4, -0.2) is 26.7 Å². The third-order valence-electron chi connectivity index (χ3n) is 6.12. The largest absolute Gasteiger partial charge is 0.348 e. The van der Waals surface area contributed by atoms with E-state index in [1.807, 2.05) is 57.2 Å². The van der Waals surface area contributed by atoms with Crippen molar-refractivity contribution in [2.75, 3.05) is 0 Å². The molecule has 4 aromatic rings. The number of rotatable bonds is 6. The van der Waals surface area contributed by atoms with Gasteiger partial charge in [-0.2, -0.15) is 5.10 Å². The van der Waals surface area contributed by atoms with Crippen molar-refractivity contribution in [3.63, 3.8) is 0 Å². The van der Waals surface area contributed by atoms with E-state index in [4.69, 9.17) is 0 Å². The van der Waals surface area contributed by atoms with E-state index in [2.05, 4.69) is 39.7 Å². The van der Waals surface area contributed by atoms with E-state index in [0.717, 1.165) is 22.4 Å². The molecule has 0 aliphatic heterocycles. The summed E-state index contributed by atoms with van der Waals surface area (Å²) in [5.74, 6) is -0.192. The monoisotopic (exact) mass is 472 g/mol. The molecule has 1 atom stereocenters. The van der Waals surface area contributed by atoms with Crippen LogP contribution in [-0.2, 0) is 7.05 Å². The highest BCUT2D eigenvalue weighted by molar-refractivity contribution is 7.17. The molecule has 0 radical (unpaired) electrons. The Morgan fingerprint density at radius 1 is 0.941 bits per heavy atom. The van der Waals surface area contributed by atoms with E-state index in [0.29, 0.717) is 21.1 Å². The Morgan fingerprint density at radius 2 is 1.50 bits per heavy atom. The number of thiazole rings is 1. The predicted octanol–water partition coefficient (Wildman–Crippen LogP) is 4.78. The van der Waals surface area contributed by atoms with Crippen LogP contribution in [0.4, 0.5) is 0 Å². The van der Waals surface area contributed by atoms with Gasteiger partial charge in [-0.25, -0.2) is 9.67 Å². The fourth-order valence-electron chi connectivity index (χ4n) is 4.26. The summed E-state index contributed by atoms with van der Waals surface area (Å²) in [6.45, 7) is 7.55. The van der Waals surface area contributed by atoms with E-state index >= 15 is 0 Å². The number of amides is 1. The Kier molecular flexibility index (Phi) is 6.75. The molecular formula is C27H28N4O2S. The van der Waals surface area contributed by atoms with Crippen LogP contribution in [0.25, 0.3) is 10.6 Å². The summed E-state index contributed by atoms with van der Waals surface area (Å²) < 4.78 is 1.32. The van der Waals surface area contributed by atoms with E-state index in [1.54, 1.807) is 14.0 Å². The van der Waals surface area contributed by atoms with Gasteiger partial charge in [0.1, 0.15) is 9.88 Å². The second kappa shape index (κ2) is 9.73. The van der Waals surface area contributed by atoms with Crippen LogP contribution in [0.5, 0.6) is 0 Å². The standard InChI is InChI=1S/C27H28N4O2S/c1-16-17(2)30-31(5)27(33)22(16)26-29-19(4)24(34-26)25(32)28-18(3)23(20-12-8-6-9-13-20)21-14-10-7-11-15-21/h6-15,18,23H,1-5H3,(H,28,32). The van der Waals surface area contributed by atoms with Gasteiger partial charge in [-0.3, -0.25) is 9.59 Å². The highest BCUT2D eigenvalue weighted by atomic mass is 32.1. The molecule has 34 heavy (non-hydrogen) atoms. The summed E-state index contributed by atoms with van der Waals surface area (Å²) in [5.41, 5.74) is 4.70. The maximum Gasteiger partial charge on any atom is 0.277 e. The lowest BCUT2D eigenvalue weighted by Gasteiger charge is -2.26. The number of nitrogens with zero attached hydrogens (tertiary/aromatic N) is 3. The molecule has 0 saturated carbocycles. The van der Waals surface area contributed by atoms with Crippen molar-refractivity contribution in [2.24, 2.45) is 7.05 Å². The van der Waals surface area contributed by atoms with E-state index in [-0.39, 0.29) is 23.4 Å². The summed E-state index contributed by atoms with van der Waals surface area (Å²) in [6.07, 6.45) is 0. The number of hydrogen-bond donors (Lipinski definition) is 1. The molecule has 0 spiro atoms. The summed E-state index contributed by atoms with van der Waals surface area (Å²) in [7, 11) is 1.63. The zero-order chi connectivity index (χ0) is 24.4. The summed E-state index contributed by atoms with van der Waals surface area (Å²) in [6, 6.07) is 20.2. The molecule has 2 aromatic carbocycles. The van der Waals surface area contributed by atoms with Gasteiger partial charge in [0, 0.05) is 19.0 Å². The first kappa shape index (κ1) is 23.6. The molecule has 0 bridgehead atoms.